The van der Waals surface area contributed by atoms with Gasteiger partial charge in [0.05, 0.1) is 6.10 Å². The van der Waals surface area contributed by atoms with E-state index in [2.05, 4.69) is 0 Å². The van der Waals surface area contributed by atoms with Gasteiger partial charge < -0.3 is 5.11 Å². The molecule has 1 fully saturated rings. The molecule has 0 amide bonds. The molecule has 2 aromatic rings. The molecule has 0 aliphatic heterocycles. The summed E-state index contributed by atoms with van der Waals surface area (Å²) in [6, 6.07) is 16.5. The smallest absolute Gasteiger partial charge is 0.129 e. The van der Waals surface area contributed by atoms with Crippen LogP contribution in [-0.4, -0.2) is 5.11 Å². The second kappa shape index (κ2) is 4.78. The normalized spacial score (nSPS) is 18.6. The second-order valence-corrected chi connectivity index (χ2v) is 5.30. The Labute approximate surface area is 112 Å². The van der Waals surface area contributed by atoms with Crippen molar-refractivity contribution in [1.82, 2.24) is 0 Å². The molecule has 1 aliphatic rings. The van der Waals surface area contributed by atoms with Crippen LogP contribution in [0.4, 0.5) is 4.39 Å². The maximum atomic E-state index is 13.9. The largest absolute Gasteiger partial charge is 0.387 e. The Kier molecular flexibility index (Phi) is 3.11. The Hall–Kier alpha value is -1.67. The molecule has 0 aromatic heterocycles. The van der Waals surface area contributed by atoms with E-state index in [0.717, 1.165) is 24.8 Å². The quantitative estimate of drug-likeness (QED) is 0.880. The molecule has 1 saturated carbocycles. The summed E-state index contributed by atoms with van der Waals surface area (Å²) in [5.41, 5.74) is 1.20. The minimum atomic E-state index is -0.773. The van der Waals surface area contributed by atoms with Crippen molar-refractivity contribution in [3.8, 4) is 0 Å². The fourth-order valence-corrected chi connectivity index (χ4v) is 3.04. The first-order valence-corrected chi connectivity index (χ1v) is 6.72. The highest BCUT2D eigenvalue weighted by atomic mass is 19.1. The SMILES string of the molecule is OC(c1ccccc1F)C1(c2ccccc2)CCC1. The molecule has 98 valence electrons. The van der Waals surface area contributed by atoms with E-state index in [-0.39, 0.29) is 11.2 Å². The van der Waals surface area contributed by atoms with E-state index in [1.54, 1.807) is 18.2 Å². The molecular weight excluding hydrogens is 239 g/mol. The zero-order valence-corrected chi connectivity index (χ0v) is 10.7. The lowest BCUT2D eigenvalue weighted by Gasteiger charge is -2.46. The van der Waals surface area contributed by atoms with Crippen LogP contribution in [0.2, 0.25) is 0 Å². The lowest BCUT2D eigenvalue weighted by Crippen LogP contribution is -2.40. The molecule has 1 nitrogen and oxygen atoms in total. The molecule has 2 aromatic carbocycles. The zero-order valence-electron chi connectivity index (χ0n) is 10.7. The third kappa shape index (κ3) is 1.96. The third-order valence-electron chi connectivity index (χ3n) is 4.32. The molecule has 0 radical (unpaired) electrons. The summed E-state index contributed by atoms with van der Waals surface area (Å²) >= 11 is 0. The highest BCUT2D eigenvalue weighted by Gasteiger charge is 2.46. The number of halogens is 1. The van der Waals surface area contributed by atoms with Gasteiger partial charge in [-0.1, -0.05) is 55.0 Å². The van der Waals surface area contributed by atoms with E-state index in [0.29, 0.717) is 5.56 Å². The molecular formula is C17H17FO. The van der Waals surface area contributed by atoms with Gasteiger partial charge in [0.25, 0.3) is 0 Å². The summed E-state index contributed by atoms with van der Waals surface area (Å²) in [7, 11) is 0. The topological polar surface area (TPSA) is 20.2 Å². The zero-order chi connectivity index (χ0) is 13.3. The van der Waals surface area contributed by atoms with Crippen molar-refractivity contribution in [2.75, 3.05) is 0 Å². The van der Waals surface area contributed by atoms with Crippen molar-refractivity contribution >= 4 is 0 Å². The van der Waals surface area contributed by atoms with E-state index >= 15 is 0 Å². The Morgan fingerprint density at radius 2 is 1.58 bits per heavy atom. The van der Waals surface area contributed by atoms with Crippen molar-refractivity contribution < 1.29 is 9.50 Å². The maximum absolute atomic E-state index is 13.9. The number of aliphatic hydroxyl groups excluding tert-OH is 1. The molecule has 1 N–H and O–H groups in total. The van der Waals surface area contributed by atoms with Gasteiger partial charge in [-0.15, -0.1) is 0 Å². The van der Waals surface area contributed by atoms with E-state index in [1.807, 2.05) is 30.3 Å². The molecule has 0 spiro atoms. The van der Waals surface area contributed by atoms with Crippen LogP contribution in [0.15, 0.2) is 54.6 Å². The molecule has 19 heavy (non-hydrogen) atoms. The fraction of sp³-hybridized carbons (Fsp3) is 0.294. The van der Waals surface area contributed by atoms with Crippen LogP contribution in [0.1, 0.15) is 36.5 Å². The van der Waals surface area contributed by atoms with Gasteiger partial charge in [-0.25, -0.2) is 4.39 Å². The lowest BCUT2D eigenvalue weighted by atomic mass is 9.60. The number of rotatable bonds is 3. The van der Waals surface area contributed by atoms with Crippen molar-refractivity contribution in [3.63, 3.8) is 0 Å². The van der Waals surface area contributed by atoms with Gasteiger partial charge in [-0.3, -0.25) is 0 Å². The minimum absolute atomic E-state index is 0.316. The van der Waals surface area contributed by atoms with Crippen LogP contribution in [0.5, 0.6) is 0 Å². The van der Waals surface area contributed by atoms with Crippen LogP contribution < -0.4 is 0 Å². The van der Waals surface area contributed by atoms with Gasteiger partial charge in [-0.2, -0.15) is 0 Å². The summed E-state index contributed by atoms with van der Waals surface area (Å²) in [6.45, 7) is 0. The van der Waals surface area contributed by atoms with Gasteiger partial charge in [-0.05, 0) is 24.5 Å². The maximum Gasteiger partial charge on any atom is 0.129 e. The standard InChI is InChI=1S/C17H17FO/c18-15-10-5-4-9-14(15)16(19)17(11-6-12-17)13-7-2-1-3-8-13/h1-5,7-10,16,19H,6,11-12H2. The van der Waals surface area contributed by atoms with Crippen molar-refractivity contribution in [1.29, 1.82) is 0 Å². The summed E-state index contributed by atoms with van der Waals surface area (Å²) < 4.78 is 13.9. The summed E-state index contributed by atoms with van der Waals surface area (Å²) in [5.74, 6) is -0.322. The number of hydrogen-bond acceptors (Lipinski definition) is 1. The Morgan fingerprint density at radius 3 is 2.16 bits per heavy atom. The van der Waals surface area contributed by atoms with Crippen molar-refractivity contribution in [3.05, 3.63) is 71.5 Å². The first-order chi connectivity index (χ1) is 9.24. The van der Waals surface area contributed by atoms with E-state index in [9.17, 15) is 9.50 Å². The van der Waals surface area contributed by atoms with E-state index in [1.165, 1.54) is 6.07 Å². The molecule has 1 unspecified atom stereocenters. The second-order valence-electron chi connectivity index (χ2n) is 5.30. The minimum Gasteiger partial charge on any atom is -0.387 e. The number of hydrogen-bond donors (Lipinski definition) is 1. The van der Waals surface area contributed by atoms with Gasteiger partial charge in [0, 0.05) is 11.0 Å². The van der Waals surface area contributed by atoms with Gasteiger partial charge in [0.2, 0.25) is 0 Å². The first-order valence-electron chi connectivity index (χ1n) is 6.72. The molecule has 0 heterocycles. The lowest BCUT2D eigenvalue weighted by molar-refractivity contribution is 0.0243. The van der Waals surface area contributed by atoms with Crippen molar-refractivity contribution in [2.45, 2.75) is 30.8 Å². The number of aliphatic hydroxyl groups is 1. The van der Waals surface area contributed by atoms with E-state index in [4.69, 9.17) is 0 Å². The molecule has 3 rings (SSSR count). The Bertz CT molecular complexity index is 560. The van der Waals surface area contributed by atoms with Gasteiger partial charge in [0.15, 0.2) is 0 Å². The Balaban J connectivity index is 2.02. The average Bonchev–Trinajstić information content (AvgIpc) is 2.39. The highest BCUT2D eigenvalue weighted by molar-refractivity contribution is 5.34. The van der Waals surface area contributed by atoms with Gasteiger partial charge >= 0.3 is 0 Å². The number of benzene rings is 2. The summed E-state index contributed by atoms with van der Waals surface area (Å²) in [6.07, 6.45) is 2.13. The average molecular weight is 256 g/mol. The predicted molar refractivity (Wildman–Crippen MR) is 73.3 cm³/mol. The molecule has 1 aliphatic carbocycles. The molecule has 2 heteroatoms. The van der Waals surface area contributed by atoms with E-state index < -0.39 is 6.10 Å². The van der Waals surface area contributed by atoms with Crippen LogP contribution >= 0.6 is 0 Å². The first kappa shape index (κ1) is 12.4. The predicted octanol–water partition coefficient (Wildman–Crippen LogP) is 3.98. The molecule has 0 saturated heterocycles. The monoisotopic (exact) mass is 256 g/mol. The molecule has 1 atom stereocenters. The molecule has 0 bridgehead atoms. The highest BCUT2D eigenvalue weighted by Crippen LogP contribution is 2.52. The van der Waals surface area contributed by atoms with Crippen molar-refractivity contribution in [2.24, 2.45) is 0 Å². The summed E-state index contributed by atoms with van der Waals surface area (Å²) in [4.78, 5) is 0. The van der Waals surface area contributed by atoms with Crippen LogP contribution in [0, 0.1) is 5.82 Å². The fourth-order valence-electron chi connectivity index (χ4n) is 3.04. The van der Waals surface area contributed by atoms with Crippen LogP contribution in [0.3, 0.4) is 0 Å². The summed E-state index contributed by atoms with van der Waals surface area (Å²) in [5, 5.41) is 10.7. The Morgan fingerprint density at radius 1 is 0.947 bits per heavy atom. The van der Waals surface area contributed by atoms with Crippen LogP contribution in [0.25, 0.3) is 0 Å². The van der Waals surface area contributed by atoms with Gasteiger partial charge in [0.1, 0.15) is 5.82 Å². The third-order valence-corrected chi connectivity index (χ3v) is 4.32. The van der Waals surface area contributed by atoms with Crippen LogP contribution in [-0.2, 0) is 5.41 Å².